The van der Waals surface area contributed by atoms with E-state index in [-0.39, 0.29) is 11.3 Å². The summed E-state index contributed by atoms with van der Waals surface area (Å²) in [7, 11) is 1.68. The molecule has 3 heterocycles. The Morgan fingerprint density at radius 1 is 1.09 bits per heavy atom. The van der Waals surface area contributed by atoms with Crippen LogP contribution in [0.15, 0.2) is 66.9 Å². The van der Waals surface area contributed by atoms with Gasteiger partial charge in [-0.3, -0.25) is 9.69 Å². The third-order valence-corrected chi connectivity index (χ3v) is 7.56. The second kappa shape index (κ2) is 10.0. The first-order chi connectivity index (χ1) is 17.0. The molecule has 5 nitrogen and oxygen atoms in total. The number of methoxy groups -OCH3 is 1. The molecule has 1 spiro atoms. The molecule has 1 fully saturated rings. The Hall–Kier alpha value is -2.86. The number of carbonyl (C=O) groups excluding carboxylic acids is 1. The Morgan fingerprint density at radius 3 is 2.57 bits per heavy atom. The highest BCUT2D eigenvalue weighted by atomic mass is 35.5. The van der Waals surface area contributed by atoms with Crippen molar-refractivity contribution in [2.45, 2.75) is 18.3 Å². The summed E-state index contributed by atoms with van der Waals surface area (Å²) in [6.07, 6.45) is 7.87. The van der Waals surface area contributed by atoms with E-state index in [1.807, 2.05) is 41.3 Å². The third-order valence-electron chi connectivity index (χ3n) is 7.10. The van der Waals surface area contributed by atoms with E-state index in [1.165, 1.54) is 5.56 Å². The predicted molar refractivity (Wildman–Crippen MR) is 142 cm³/mol. The van der Waals surface area contributed by atoms with E-state index in [0.29, 0.717) is 17.3 Å². The minimum atomic E-state index is -0.0905. The van der Waals surface area contributed by atoms with Crippen molar-refractivity contribution in [3.63, 3.8) is 0 Å². The number of anilines is 1. The molecule has 0 aliphatic carbocycles. The number of pyridine rings is 1. The number of hydrogen-bond donors (Lipinski definition) is 0. The van der Waals surface area contributed by atoms with Crippen molar-refractivity contribution in [3.8, 4) is 5.75 Å². The van der Waals surface area contributed by atoms with Crippen LogP contribution in [0.3, 0.4) is 0 Å². The number of hydrogen-bond acceptors (Lipinski definition) is 4. The number of ether oxygens (including phenoxy) is 1. The zero-order valence-corrected chi connectivity index (χ0v) is 21.1. The number of fused-ring (bicyclic) bond motifs is 2. The molecule has 3 aromatic rings. The molecule has 1 saturated heterocycles. The summed E-state index contributed by atoms with van der Waals surface area (Å²) in [5.74, 6) is 0.767. The molecule has 1 amide bonds. The van der Waals surface area contributed by atoms with E-state index in [9.17, 15) is 4.79 Å². The van der Waals surface area contributed by atoms with Crippen LogP contribution in [0.2, 0.25) is 10.2 Å². The molecule has 0 saturated carbocycles. The molecule has 180 valence electrons. The minimum absolute atomic E-state index is 0.0501. The van der Waals surface area contributed by atoms with Gasteiger partial charge in [0.1, 0.15) is 10.9 Å². The van der Waals surface area contributed by atoms with Gasteiger partial charge in [-0.15, -0.1) is 0 Å². The zero-order chi connectivity index (χ0) is 24.4. The van der Waals surface area contributed by atoms with Crippen LogP contribution in [0.4, 0.5) is 5.69 Å². The summed E-state index contributed by atoms with van der Waals surface area (Å²) >= 11 is 12.0. The highest BCUT2D eigenvalue weighted by molar-refractivity contribution is 6.30. The van der Waals surface area contributed by atoms with Crippen molar-refractivity contribution in [1.82, 2.24) is 9.88 Å². The molecule has 7 heteroatoms. The standard InChI is InChI=1S/C28H27Cl2N3O2/c1-35-23-8-9-25-24(18-23)28(19-33(25)27(34)21-10-13-31-26(30)17-21)11-15-32(16-12-28)14-2-3-20-4-6-22(29)7-5-20/h2-10,13,17-18H,11-12,14-16,19H2,1H3/b3-2+. The average Bonchev–Trinajstić information content (AvgIpc) is 3.19. The maximum absolute atomic E-state index is 13.5. The van der Waals surface area contributed by atoms with Crippen molar-refractivity contribution in [2.75, 3.05) is 38.2 Å². The first-order valence-electron chi connectivity index (χ1n) is 11.7. The number of amides is 1. The van der Waals surface area contributed by atoms with Crippen LogP contribution in [-0.2, 0) is 5.41 Å². The number of piperidine rings is 1. The summed E-state index contributed by atoms with van der Waals surface area (Å²) in [6.45, 7) is 3.47. The Balaban J connectivity index is 1.33. The van der Waals surface area contributed by atoms with Gasteiger partial charge in [-0.05, 0) is 79.5 Å². The molecule has 0 radical (unpaired) electrons. The normalized spacial score (nSPS) is 17.2. The van der Waals surface area contributed by atoms with Gasteiger partial charge in [0.2, 0.25) is 0 Å². The van der Waals surface area contributed by atoms with Gasteiger partial charge in [0.05, 0.1) is 7.11 Å². The Morgan fingerprint density at radius 2 is 1.86 bits per heavy atom. The number of aromatic nitrogens is 1. The van der Waals surface area contributed by atoms with Crippen LogP contribution < -0.4 is 9.64 Å². The largest absolute Gasteiger partial charge is 0.497 e. The van der Waals surface area contributed by atoms with Gasteiger partial charge in [0, 0.05) is 41.0 Å². The van der Waals surface area contributed by atoms with Crippen LogP contribution in [0, 0.1) is 0 Å². The van der Waals surface area contributed by atoms with Crippen molar-refractivity contribution in [3.05, 3.63) is 93.7 Å². The number of carbonyl (C=O) groups is 1. The van der Waals surface area contributed by atoms with Gasteiger partial charge in [-0.2, -0.15) is 0 Å². The first-order valence-corrected chi connectivity index (χ1v) is 12.5. The van der Waals surface area contributed by atoms with Gasteiger partial charge in [0.15, 0.2) is 0 Å². The molecular formula is C28H27Cl2N3O2. The fourth-order valence-electron chi connectivity index (χ4n) is 5.15. The molecule has 5 rings (SSSR count). The van der Waals surface area contributed by atoms with Crippen LogP contribution in [0.5, 0.6) is 5.75 Å². The SMILES string of the molecule is COc1ccc2c(c1)C1(CCN(C/C=C/c3ccc(Cl)cc3)CC1)CN2C(=O)c1ccnc(Cl)c1. The van der Waals surface area contributed by atoms with E-state index in [1.54, 1.807) is 25.4 Å². The number of nitrogens with zero attached hydrogens (tertiary/aromatic N) is 3. The smallest absolute Gasteiger partial charge is 0.258 e. The van der Waals surface area contributed by atoms with Gasteiger partial charge < -0.3 is 9.64 Å². The Labute approximate surface area is 215 Å². The van der Waals surface area contributed by atoms with E-state index in [2.05, 4.69) is 28.1 Å². The number of benzene rings is 2. The van der Waals surface area contributed by atoms with Gasteiger partial charge in [-0.1, -0.05) is 47.5 Å². The van der Waals surface area contributed by atoms with E-state index >= 15 is 0 Å². The Kier molecular flexibility index (Phi) is 6.83. The molecular weight excluding hydrogens is 481 g/mol. The summed E-state index contributed by atoms with van der Waals surface area (Å²) in [5, 5.41) is 1.07. The summed E-state index contributed by atoms with van der Waals surface area (Å²) < 4.78 is 5.54. The lowest BCUT2D eigenvalue weighted by atomic mass is 9.74. The quantitative estimate of drug-likeness (QED) is 0.391. The van der Waals surface area contributed by atoms with Crippen molar-refractivity contribution >= 4 is 40.9 Å². The lowest BCUT2D eigenvalue weighted by Gasteiger charge is -2.39. The second-order valence-electron chi connectivity index (χ2n) is 9.18. The lowest BCUT2D eigenvalue weighted by Crippen LogP contribution is -2.46. The van der Waals surface area contributed by atoms with Crippen LogP contribution in [0.1, 0.15) is 34.3 Å². The van der Waals surface area contributed by atoms with Crippen molar-refractivity contribution < 1.29 is 9.53 Å². The van der Waals surface area contributed by atoms with E-state index in [4.69, 9.17) is 27.9 Å². The topological polar surface area (TPSA) is 45.7 Å². The maximum Gasteiger partial charge on any atom is 0.258 e. The molecule has 0 unspecified atom stereocenters. The molecule has 0 N–H and O–H groups in total. The number of halogens is 2. The predicted octanol–water partition coefficient (Wildman–Crippen LogP) is 6.10. The zero-order valence-electron chi connectivity index (χ0n) is 19.6. The molecule has 0 bridgehead atoms. The monoisotopic (exact) mass is 507 g/mol. The third kappa shape index (κ3) is 4.94. The van der Waals surface area contributed by atoms with Crippen LogP contribution in [0.25, 0.3) is 6.08 Å². The van der Waals surface area contributed by atoms with E-state index in [0.717, 1.165) is 54.5 Å². The molecule has 1 aromatic heterocycles. The van der Waals surface area contributed by atoms with Gasteiger partial charge >= 0.3 is 0 Å². The second-order valence-corrected chi connectivity index (χ2v) is 10.0. The fraction of sp³-hybridized carbons (Fsp3) is 0.286. The number of rotatable bonds is 5. The highest BCUT2D eigenvalue weighted by Crippen LogP contribution is 2.48. The summed E-state index contributed by atoms with van der Waals surface area (Å²) in [4.78, 5) is 21.9. The van der Waals surface area contributed by atoms with Gasteiger partial charge in [-0.25, -0.2) is 4.98 Å². The van der Waals surface area contributed by atoms with Crippen molar-refractivity contribution in [2.24, 2.45) is 0 Å². The maximum atomic E-state index is 13.5. The molecule has 0 atom stereocenters. The Bertz CT molecular complexity index is 1250. The average molecular weight is 508 g/mol. The summed E-state index contributed by atoms with van der Waals surface area (Å²) in [6, 6.07) is 17.3. The van der Waals surface area contributed by atoms with Gasteiger partial charge in [0.25, 0.3) is 5.91 Å². The molecule has 2 aromatic carbocycles. The molecule has 35 heavy (non-hydrogen) atoms. The fourth-order valence-corrected chi connectivity index (χ4v) is 5.45. The molecule has 2 aliphatic rings. The van der Waals surface area contributed by atoms with Crippen LogP contribution >= 0.6 is 23.2 Å². The lowest BCUT2D eigenvalue weighted by molar-refractivity contribution is 0.0977. The minimum Gasteiger partial charge on any atom is -0.497 e. The summed E-state index contributed by atoms with van der Waals surface area (Å²) in [5.41, 5.74) is 3.76. The van der Waals surface area contributed by atoms with Crippen molar-refractivity contribution in [1.29, 1.82) is 0 Å². The van der Waals surface area contributed by atoms with E-state index < -0.39 is 0 Å². The highest BCUT2D eigenvalue weighted by Gasteiger charge is 2.46. The number of likely N-dealkylation sites (tertiary alicyclic amines) is 1. The first kappa shape index (κ1) is 23.9. The van der Waals surface area contributed by atoms with Crippen LogP contribution in [-0.4, -0.2) is 49.1 Å². The molecule has 2 aliphatic heterocycles.